The largest absolute Gasteiger partial charge is 0.369 e. The van der Waals surface area contributed by atoms with Gasteiger partial charge < -0.3 is 11.1 Å². The molecule has 0 aromatic heterocycles. The highest BCUT2D eigenvalue weighted by Crippen LogP contribution is 2.24. The van der Waals surface area contributed by atoms with E-state index in [-0.39, 0.29) is 23.2 Å². The second-order valence-corrected chi connectivity index (χ2v) is 6.98. The number of halogens is 1. The van der Waals surface area contributed by atoms with Gasteiger partial charge in [-0.05, 0) is 49.8 Å². The third kappa shape index (κ3) is 6.52. The summed E-state index contributed by atoms with van der Waals surface area (Å²) >= 11 is 6.48. The molecule has 0 saturated carbocycles. The first-order chi connectivity index (χ1) is 12.1. The smallest absolute Gasteiger partial charge is 0.220 e. The Morgan fingerprint density at radius 3 is 1.96 bits per heavy atom. The van der Waals surface area contributed by atoms with Crippen molar-refractivity contribution in [2.75, 3.05) is 7.05 Å². The first-order valence-corrected chi connectivity index (χ1v) is 9.22. The van der Waals surface area contributed by atoms with Crippen LogP contribution in [0.4, 0.5) is 0 Å². The first kappa shape index (κ1) is 19.5. The molecule has 4 heteroatoms. The van der Waals surface area contributed by atoms with Gasteiger partial charge in [-0.3, -0.25) is 4.79 Å². The Morgan fingerprint density at radius 1 is 0.960 bits per heavy atom. The summed E-state index contributed by atoms with van der Waals surface area (Å²) in [4.78, 5) is 11.9. The monoisotopic (exact) mass is 358 g/mol. The molecular weight excluding hydrogens is 332 g/mol. The number of nitrogens with one attached hydrogen (secondary N) is 1. The molecule has 0 fully saturated rings. The van der Waals surface area contributed by atoms with Crippen LogP contribution in [0, 0.1) is 11.8 Å². The molecule has 2 aromatic carbocycles. The maximum absolute atomic E-state index is 11.9. The van der Waals surface area contributed by atoms with Crippen molar-refractivity contribution < 1.29 is 4.79 Å². The van der Waals surface area contributed by atoms with Gasteiger partial charge in [0.15, 0.2) is 0 Å². The molecule has 3 nitrogen and oxygen atoms in total. The highest BCUT2D eigenvalue weighted by Gasteiger charge is 2.23. The van der Waals surface area contributed by atoms with Crippen LogP contribution >= 0.6 is 11.6 Å². The summed E-state index contributed by atoms with van der Waals surface area (Å²) in [6, 6.07) is 20.3. The van der Waals surface area contributed by atoms with E-state index in [1.165, 1.54) is 5.56 Å². The van der Waals surface area contributed by atoms with E-state index < -0.39 is 0 Å². The number of hydrogen-bond acceptors (Lipinski definition) is 2. The predicted molar refractivity (Wildman–Crippen MR) is 104 cm³/mol. The third-order valence-corrected chi connectivity index (χ3v) is 5.22. The Balaban J connectivity index is 1.99. The number of carbonyl (C=O) groups is 1. The zero-order chi connectivity index (χ0) is 18.1. The van der Waals surface area contributed by atoms with E-state index in [2.05, 4.69) is 17.4 Å². The van der Waals surface area contributed by atoms with Gasteiger partial charge in [-0.25, -0.2) is 0 Å². The molecule has 0 radical (unpaired) electrons. The number of carbonyl (C=O) groups excluding carboxylic acids is 1. The lowest BCUT2D eigenvalue weighted by Gasteiger charge is -2.24. The lowest BCUT2D eigenvalue weighted by molar-refractivity contribution is -0.122. The van der Waals surface area contributed by atoms with Crippen LogP contribution in [-0.2, 0) is 17.6 Å². The van der Waals surface area contributed by atoms with Crippen LogP contribution in [0.3, 0.4) is 0 Å². The number of alkyl halides is 1. The molecule has 0 saturated heterocycles. The normalized spacial score (nSPS) is 14.6. The molecule has 0 heterocycles. The van der Waals surface area contributed by atoms with Crippen molar-refractivity contribution in [1.82, 2.24) is 5.32 Å². The molecule has 0 aliphatic heterocycles. The van der Waals surface area contributed by atoms with Crippen LogP contribution in [0.25, 0.3) is 0 Å². The highest BCUT2D eigenvalue weighted by atomic mass is 35.5. The van der Waals surface area contributed by atoms with Gasteiger partial charge in [0, 0.05) is 5.92 Å². The summed E-state index contributed by atoms with van der Waals surface area (Å²) < 4.78 is 0. The molecule has 2 aromatic rings. The molecule has 3 atom stereocenters. The topological polar surface area (TPSA) is 55.1 Å². The van der Waals surface area contributed by atoms with Crippen molar-refractivity contribution in [3.63, 3.8) is 0 Å². The number of hydrogen-bond donors (Lipinski definition) is 2. The van der Waals surface area contributed by atoms with Crippen molar-refractivity contribution in [2.45, 2.75) is 31.2 Å². The van der Waals surface area contributed by atoms with E-state index in [1.54, 1.807) is 0 Å². The molecule has 0 aliphatic carbocycles. The predicted octanol–water partition coefficient (Wildman–Crippen LogP) is 3.75. The average Bonchev–Trinajstić information content (AvgIpc) is 2.64. The Bertz CT molecular complexity index is 633. The molecule has 2 rings (SSSR count). The highest BCUT2D eigenvalue weighted by molar-refractivity contribution is 6.20. The molecule has 0 bridgehead atoms. The number of amides is 1. The number of benzene rings is 2. The van der Waals surface area contributed by atoms with E-state index in [9.17, 15) is 4.79 Å². The lowest BCUT2D eigenvalue weighted by atomic mass is 9.87. The van der Waals surface area contributed by atoms with Crippen molar-refractivity contribution in [1.29, 1.82) is 0 Å². The fourth-order valence-electron chi connectivity index (χ4n) is 3.16. The molecule has 25 heavy (non-hydrogen) atoms. The van der Waals surface area contributed by atoms with Gasteiger partial charge in [-0.2, -0.15) is 0 Å². The Labute approximate surface area is 155 Å². The fourth-order valence-corrected chi connectivity index (χ4v) is 3.38. The third-order valence-electron chi connectivity index (χ3n) is 4.64. The summed E-state index contributed by atoms with van der Waals surface area (Å²) in [5.41, 5.74) is 7.91. The van der Waals surface area contributed by atoms with Crippen LogP contribution in [0.5, 0.6) is 0 Å². The van der Waals surface area contributed by atoms with Crippen molar-refractivity contribution >= 4 is 17.5 Å². The molecule has 134 valence electrons. The van der Waals surface area contributed by atoms with Gasteiger partial charge in [0.1, 0.15) is 0 Å². The van der Waals surface area contributed by atoms with Gasteiger partial charge in [-0.15, -0.1) is 11.6 Å². The number of primary amides is 1. The molecule has 0 aliphatic rings. The average molecular weight is 359 g/mol. The van der Waals surface area contributed by atoms with E-state index in [4.69, 9.17) is 17.3 Å². The Kier molecular flexibility index (Phi) is 7.96. The minimum atomic E-state index is -0.238. The lowest BCUT2D eigenvalue weighted by Crippen LogP contribution is -2.32. The van der Waals surface area contributed by atoms with E-state index in [0.717, 1.165) is 24.8 Å². The zero-order valence-electron chi connectivity index (χ0n) is 14.7. The summed E-state index contributed by atoms with van der Waals surface area (Å²) in [5, 5.41) is 3.14. The maximum atomic E-state index is 11.9. The molecular formula is C21H27ClN2O. The van der Waals surface area contributed by atoms with Crippen LogP contribution in [0.15, 0.2) is 60.7 Å². The fraction of sp³-hybridized carbons (Fsp3) is 0.381. The van der Waals surface area contributed by atoms with Gasteiger partial charge >= 0.3 is 0 Å². The molecule has 1 amide bonds. The number of rotatable bonds is 10. The maximum Gasteiger partial charge on any atom is 0.220 e. The Hall–Kier alpha value is -1.84. The quantitative estimate of drug-likeness (QED) is 0.502. The van der Waals surface area contributed by atoms with E-state index in [1.807, 2.05) is 55.6 Å². The number of nitrogens with two attached hydrogens (primary N) is 1. The summed E-state index contributed by atoms with van der Waals surface area (Å²) in [7, 11) is 1.87. The van der Waals surface area contributed by atoms with Crippen molar-refractivity contribution in [3.05, 3.63) is 71.8 Å². The van der Waals surface area contributed by atoms with Crippen molar-refractivity contribution in [3.8, 4) is 0 Å². The second-order valence-electron chi connectivity index (χ2n) is 6.51. The van der Waals surface area contributed by atoms with Gasteiger partial charge in [0.05, 0.1) is 5.50 Å². The zero-order valence-corrected chi connectivity index (χ0v) is 15.5. The van der Waals surface area contributed by atoms with Gasteiger partial charge in [0.2, 0.25) is 5.91 Å². The van der Waals surface area contributed by atoms with Crippen molar-refractivity contribution in [2.24, 2.45) is 17.6 Å². The van der Waals surface area contributed by atoms with Gasteiger partial charge in [-0.1, -0.05) is 60.7 Å². The summed E-state index contributed by atoms with van der Waals surface area (Å²) in [6.45, 7) is 0. The molecule has 0 spiro atoms. The summed E-state index contributed by atoms with van der Waals surface area (Å²) in [5.74, 6) is -0.161. The van der Waals surface area contributed by atoms with Gasteiger partial charge in [0.25, 0.3) is 0 Å². The second kappa shape index (κ2) is 10.2. The minimum absolute atomic E-state index is 0.134. The van der Waals surface area contributed by atoms with Crippen LogP contribution < -0.4 is 11.1 Å². The Morgan fingerprint density at radius 2 is 1.48 bits per heavy atom. The molecule has 3 unspecified atom stereocenters. The summed E-state index contributed by atoms with van der Waals surface area (Å²) in [6.07, 6.45) is 3.16. The molecule has 3 N–H and O–H groups in total. The van der Waals surface area contributed by atoms with Crippen LogP contribution in [0.2, 0.25) is 0 Å². The van der Waals surface area contributed by atoms with Crippen LogP contribution in [-0.4, -0.2) is 18.5 Å². The standard InChI is InChI=1S/C21H27ClN2O/c1-24-20(22)18(14-16-8-4-2-5-9-16)12-13-19(21(23)25)15-17-10-6-3-7-11-17/h2-11,18-20,24H,12-15H2,1H3,(H2,23,25). The first-order valence-electron chi connectivity index (χ1n) is 8.78. The van der Waals surface area contributed by atoms with E-state index >= 15 is 0 Å². The van der Waals surface area contributed by atoms with Crippen LogP contribution in [0.1, 0.15) is 24.0 Å². The SMILES string of the molecule is CNC(Cl)C(CCC(Cc1ccccc1)C(N)=O)Cc1ccccc1. The minimum Gasteiger partial charge on any atom is -0.369 e. The van der Waals surface area contributed by atoms with E-state index in [0.29, 0.717) is 6.42 Å².